The van der Waals surface area contributed by atoms with Gasteiger partial charge in [-0.2, -0.15) is 0 Å². The highest BCUT2D eigenvalue weighted by Crippen LogP contribution is 2.04. The van der Waals surface area contributed by atoms with Gasteiger partial charge in [-0.15, -0.1) is 0 Å². The van der Waals surface area contributed by atoms with E-state index in [0.29, 0.717) is 12.2 Å². The van der Waals surface area contributed by atoms with E-state index in [1.54, 1.807) is 13.1 Å². The van der Waals surface area contributed by atoms with Gasteiger partial charge in [0.05, 0.1) is 5.69 Å². The Morgan fingerprint density at radius 3 is 2.50 bits per heavy atom. The molecule has 0 aliphatic carbocycles. The van der Waals surface area contributed by atoms with Gasteiger partial charge in [0, 0.05) is 12.7 Å². The molecule has 0 saturated carbocycles. The van der Waals surface area contributed by atoms with Gasteiger partial charge in [-0.3, -0.25) is 4.98 Å². The molecule has 0 aromatic carbocycles. The SMILES string of the molecule is CC.Cc1ncc(CN)cc1F. The molecule has 0 saturated heterocycles. The predicted molar refractivity (Wildman–Crippen MR) is 48.2 cm³/mol. The maximum atomic E-state index is 12.6. The summed E-state index contributed by atoms with van der Waals surface area (Å²) in [6.45, 7) is 5.96. The number of rotatable bonds is 1. The molecular weight excluding hydrogens is 155 g/mol. The van der Waals surface area contributed by atoms with Gasteiger partial charge in [0.2, 0.25) is 0 Å². The van der Waals surface area contributed by atoms with Crippen molar-refractivity contribution in [2.45, 2.75) is 27.3 Å². The monoisotopic (exact) mass is 170 g/mol. The zero-order valence-corrected chi connectivity index (χ0v) is 7.76. The number of aromatic nitrogens is 1. The fourth-order valence-corrected chi connectivity index (χ4v) is 0.658. The van der Waals surface area contributed by atoms with E-state index >= 15 is 0 Å². The molecule has 0 unspecified atom stereocenters. The third kappa shape index (κ3) is 2.96. The molecule has 0 atom stereocenters. The maximum absolute atomic E-state index is 12.6. The second-order valence-electron chi connectivity index (χ2n) is 2.11. The minimum absolute atomic E-state index is 0.289. The quantitative estimate of drug-likeness (QED) is 0.700. The Kier molecular flexibility index (Phi) is 5.21. The first-order valence-electron chi connectivity index (χ1n) is 4.05. The summed E-state index contributed by atoms with van der Waals surface area (Å²) < 4.78 is 12.6. The van der Waals surface area contributed by atoms with E-state index in [9.17, 15) is 4.39 Å². The minimum atomic E-state index is -0.289. The van der Waals surface area contributed by atoms with Crippen molar-refractivity contribution in [2.24, 2.45) is 5.73 Å². The number of nitrogens with zero attached hydrogens (tertiary/aromatic N) is 1. The van der Waals surface area contributed by atoms with E-state index in [4.69, 9.17) is 5.73 Å². The lowest BCUT2D eigenvalue weighted by Crippen LogP contribution is -1.99. The molecule has 0 radical (unpaired) electrons. The summed E-state index contributed by atoms with van der Waals surface area (Å²) in [5, 5.41) is 0. The molecule has 68 valence electrons. The highest BCUT2D eigenvalue weighted by Gasteiger charge is 1.97. The van der Waals surface area contributed by atoms with E-state index < -0.39 is 0 Å². The number of pyridine rings is 1. The molecule has 2 nitrogen and oxygen atoms in total. The summed E-state index contributed by atoms with van der Waals surface area (Å²) in [5.74, 6) is -0.289. The number of hydrogen-bond acceptors (Lipinski definition) is 2. The standard InChI is InChI=1S/C7H9FN2.C2H6/c1-5-7(8)2-6(3-9)4-10-5;1-2/h2,4H,3,9H2,1H3;1-2H3. The van der Waals surface area contributed by atoms with Crippen LogP contribution in [-0.2, 0) is 6.54 Å². The molecule has 0 aliphatic rings. The van der Waals surface area contributed by atoms with Crippen molar-refractivity contribution in [1.29, 1.82) is 0 Å². The number of aryl methyl sites for hydroxylation is 1. The predicted octanol–water partition coefficient (Wildman–Crippen LogP) is 2.01. The van der Waals surface area contributed by atoms with Crippen LogP contribution in [0.2, 0.25) is 0 Å². The average Bonchev–Trinajstić information content (AvgIpc) is 2.13. The van der Waals surface area contributed by atoms with Crippen LogP contribution in [-0.4, -0.2) is 4.98 Å². The second kappa shape index (κ2) is 5.66. The Labute approximate surface area is 72.6 Å². The Morgan fingerprint density at radius 2 is 2.08 bits per heavy atom. The molecule has 1 aromatic rings. The van der Waals surface area contributed by atoms with E-state index in [2.05, 4.69) is 4.98 Å². The van der Waals surface area contributed by atoms with Crippen LogP contribution in [0.3, 0.4) is 0 Å². The van der Waals surface area contributed by atoms with E-state index in [-0.39, 0.29) is 5.82 Å². The first kappa shape index (κ1) is 11.0. The van der Waals surface area contributed by atoms with Crippen LogP contribution in [0.1, 0.15) is 25.1 Å². The van der Waals surface area contributed by atoms with Crippen molar-refractivity contribution in [3.05, 3.63) is 29.3 Å². The summed E-state index contributed by atoms with van der Waals surface area (Å²) >= 11 is 0. The van der Waals surface area contributed by atoms with Gasteiger partial charge in [-0.25, -0.2) is 4.39 Å². The molecule has 1 heterocycles. The lowest BCUT2D eigenvalue weighted by Gasteiger charge is -1.97. The topological polar surface area (TPSA) is 38.9 Å². The van der Waals surface area contributed by atoms with Gasteiger partial charge in [0.25, 0.3) is 0 Å². The van der Waals surface area contributed by atoms with Gasteiger partial charge in [-0.1, -0.05) is 13.8 Å². The molecule has 2 N–H and O–H groups in total. The van der Waals surface area contributed by atoms with E-state index in [1.807, 2.05) is 13.8 Å². The Morgan fingerprint density at radius 1 is 1.50 bits per heavy atom. The molecule has 0 aliphatic heterocycles. The first-order valence-corrected chi connectivity index (χ1v) is 4.05. The van der Waals surface area contributed by atoms with Crippen molar-refractivity contribution in [3.63, 3.8) is 0 Å². The largest absolute Gasteiger partial charge is 0.326 e. The van der Waals surface area contributed by atoms with Crippen LogP contribution in [0.4, 0.5) is 4.39 Å². The van der Waals surface area contributed by atoms with Gasteiger partial charge in [-0.05, 0) is 18.6 Å². The summed E-state index contributed by atoms with van der Waals surface area (Å²) in [7, 11) is 0. The molecule has 0 spiro atoms. The second-order valence-corrected chi connectivity index (χ2v) is 2.11. The van der Waals surface area contributed by atoms with Crippen LogP contribution in [0.5, 0.6) is 0 Å². The first-order chi connectivity index (χ1) is 5.74. The Hall–Kier alpha value is -0.960. The van der Waals surface area contributed by atoms with Gasteiger partial charge >= 0.3 is 0 Å². The van der Waals surface area contributed by atoms with Crippen LogP contribution in [0, 0.1) is 12.7 Å². The molecule has 1 aromatic heterocycles. The van der Waals surface area contributed by atoms with Crippen LogP contribution < -0.4 is 5.73 Å². The number of hydrogen-bond donors (Lipinski definition) is 1. The summed E-state index contributed by atoms with van der Waals surface area (Å²) in [5.41, 5.74) is 6.40. The van der Waals surface area contributed by atoms with Crippen molar-refractivity contribution >= 4 is 0 Å². The molecule has 0 bridgehead atoms. The summed E-state index contributed by atoms with van der Waals surface area (Å²) in [4.78, 5) is 3.79. The third-order valence-corrected chi connectivity index (χ3v) is 1.32. The smallest absolute Gasteiger partial charge is 0.144 e. The maximum Gasteiger partial charge on any atom is 0.144 e. The van der Waals surface area contributed by atoms with Crippen LogP contribution in [0.15, 0.2) is 12.3 Å². The Balaban J connectivity index is 0.000000561. The molecule has 0 fully saturated rings. The highest BCUT2D eigenvalue weighted by atomic mass is 19.1. The summed E-state index contributed by atoms with van der Waals surface area (Å²) in [6.07, 6.45) is 1.58. The number of nitrogens with two attached hydrogens (primary N) is 1. The van der Waals surface area contributed by atoms with Crippen molar-refractivity contribution in [2.75, 3.05) is 0 Å². The highest BCUT2D eigenvalue weighted by molar-refractivity contribution is 5.14. The fourth-order valence-electron chi connectivity index (χ4n) is 0.658. The third-order valence-electron chi connectivity index (χ3n) is 1.32. The lowest BCUT2D eigenvalue weighted by atomic mass is 10.2. The zero-order valence-electron chi connectivity index (χ0n) is 7.76. The molecule has 3 heteroatoms. The molecule has 1 rings (SSSR count). The zero-order chi connectivity index (χ0) is 9.56. The average molecular weight is 170 g/mol. The number of halogens is 1. The Bertz CT molecular complexity index is 236. The van der Waals surface area contributed by atoms with Gasteiger partial charge in [0.1, 0.15) is 5.82 Å². The summed E-state index contributed by atoms with van der Waals surface area (Å²) in [6, 6.07) is 1.41. The van der Waals surface area contributed by atoms with Gasteiger partial charge in [0.15, 0.2) is 0 Å². The molecular formula is C9H15FN2. The van der Waals surface area contributed by atoms with Crippen LogP contribution in [0.25, 0.3) is 0 Å². The van der Waals surface area contributed by atoms with Gasteiger partial charge < -0.3 is 5.73 Å². The van der Waals surface area contributed by atoms with Crippen molar-refractivity contribution in [3.8, 4) is 0 Å². The van der Waals surface area contributed by atoms with Crippen LogP contribution >= 0.6 is 0 Å². The van der Waals surface area contributed by atoms with Crippen molar-refractivity contribution in [1.82, 2.24) is 4.98 Å². The molecule has 0 amide bonds. The molecule has 12 heavy (non-hydrogen) atoms. The minimum Gasteiger partial charge on any atom is -0.326 e. The fraction of sp³-hybridized carbons (Fsp3) is 0.444. The van der Waals surface area contributed by atoms with Crippen molar-refractivity contribution < 1.29 is 4.39 Å². The van der Waals surface area contributed by atoms with E-state index in [0.717, 1.165) is 5.56 Å². The normalized spacial score (nSPS) is 8.75. The van der Waals surface area contributed by atoms with E-state index in [1.165, 1.54) is 6.07 Å². The lowest BCUT2D eigenvalue weighted by molar-refractivity contribution is 0.607.